The highest BCUT2D eigenvalue weighted by atomic mass is 31.2. The number of phosphoric ester groups is 1. The van der Waals surface area contributed by atoms with E-state index in [1.54, 1.807) is 52.0 Å². The van der Waals surface area contributed by atoms with Crippen molar-refractivity contribution in [2.24, 2.45) is 0 Å². The molecule has 0 amide bonds. The van der Waals surface area contributed by atoms with Crippen molar-refractivity contribution in [3.05, 3.63) is 29.8 Å². The van der Waals surface area contributed by atoms with Crippen LogP contribution in [-0.2, 0) is 43.9 Å². The monoisotopic (exact) mass is 502 g/mol. The Morgan fingerprint density at radius 3 is 1.79 bits per heavy atom. The van der Waals surface area contributed by atoms with Crippen molar-refractivity contribution in [2.45, 2.75) is 102 Å². The van der Waals surface area contributed by atoms with Crippen LogP contribution < -0.4 is 4.52 Å². The lowest BCUT2D eigenvalue weighted by Crippen LogP contribution is -2.63. The molecule has 2 saturated heterocycles. The van der Waals surface area contributed by atoms with Gasteiger partial charge in [-0.3, -0.25) is 9.05 Å². The van der Waals surface area contributed by atoms with Crippen molar-refractivity contribution in [1.82, 2.24) is 0 Å². The molecule has 0 bridgehead atoms. The van der Waals surface area contributed by atoms with Gasteiger partial charge in [-0.05, 0) is 59.2 Å². The first-order chi connectivity index (χ1) is 15.9. The van der Waals surface area contributed by atoms with E-state index in [1.807, 2.05) is 13.8 Å². The highest BCUT2D eigenvalue weighted by Crippen LogP contribution is 2.55. The fraction of sp³-hybridized carbons (Fsp3) is 0.739. The summed E-state index contributed by atoms with van der Waals surface area (Å²) in [4.78, 5) is 0. The normalized spacial score (nSPS) is 35.6. The summed E-state index contributed by atoms with van der Waals surface area (Å²) in [5.41, 5.74) is 0.687. The maximum absolute atomic E-state index is 13.6. The number of phosphoric acid groups is 1. The van der Waals surface area contributed by atoms with Crippen LogP contribution in [0.1, 0.15) is 47.1 Å². The Bertz CT molecular complexity index is 870. The Hall–Kier alpha value is -1.07. The number of hydrogen-bond acceptors (Lipinski definition) is 10. The maximum atomic E-state index is 13.6. The molecule has 3 fully saturated rings. The number of hydrogen-bond donors (Lipinski definition) is 1. The molecule has 0 radical (unpaired) electrons. The molecule has 3 unspecified atom stereocenters. The molecule has 0 spiro atoms. The van der Waals surface area contributed by atoms with Crippen LogP contribution >= 0.6 is 7.82 Å². The van der Waals surface area contributed by atoms with Crippen LogP contribution in [0, 0.1) is 0 Å². The SMILES string of the molecule is COP(=O)(Oc1ccc(CO)cc1)OC1[C@@H]2OC(C)(C)O[C@@H]2C(OC(C)C)[C@@H]2OC(C)(C)O[C@@H]12. The topological polar surface area (TPSA) is 111 Å². The summed E-state index contributed by atoms with van der Waals surface area (Å²) in [6.07, 6.45) is -3.97. The molecule has 3 aliphatic rings. The first-order valence-electron chi connectivity index (χ1n) is 11.5. The molecule has 2 heterocycles. The molecular weight excluding hydrogens is 467 g/mol. The first-order valence-corrected chi connectivity index (χ1v) is 12.9. The van der Waals surface area contributed by atoms with Crippen molar-refractivity contribution in [3.8, 4) is 5.75 Å². The summed E-state index contributed by atoms with van der Waals surface area (Å²) in [5, 5.41) is 9.25. The summed E-state index contributed by atoms with van der Waals surface area (Å²) >= 11 is 0. The molecule has 2 aliphatic heterocycles. The van der Waals surface area contributed by atoms with E-state index >= 15 is 0 Å². The highest BCUT2D eigenvalue weighted by molar-refractivity contribution is 7.48. The molecule has 1 aromatic carbocycles. The third-order valence-corrected chi connectivity index (χ3v) is 7.23. The van der Waals surface area contributed by atoms with E-state index in [0.717, 1.165) is 0 Å². The van der Waals surface area contributed by atoms with E-state index in [9.17, 15) is 9.67 Å². The van der Waals surface area contributed by atoms with Crippen LogP contribution in [0.2, 0.25) is 0 Å². The van der Waals surface area contributed by atoms with Crippen LogP contribution in [0.5, 0.6) is 5.75 Å². The molecule has 11 heteroatoms. The lowest BCUT2D eigenvalue weighted by atomic mass is 9.85. The third kappa shape index (κ3) is 5.36. The molecule has 1 aromatic rings. The maximum Gasteiger partial charge on any atom is 0.530 e. The minimum atomic E-state index is -4.12. The Morgan fingerprint density at radius 2 is 1.38 bits per heavy atom. The largest absolute Gasteiger partial charge is 0.530 e. The van der Waals surface area contributed by atoms with Crippen LogP contribution in [0.25, 0.3) is 0 Å². The zero-order valence-electron chi connectivity index (χ0n) is 20.6. The van der Waals surface area contributed by atoms with Gasteiger partial charge in [0.15, 0.2) is 11.6 Å². The molecule has 1 saturated carbocycles. The Morgan fingerprint density at radius 1 is 0.912 bits per heavy atom. The molecular formula is C23H35O10P. The van der Waals surface area contributed by atoms with Crippen LogP contribution in [-0.4, -0.2) is 66.5 Å². The number of aliphatic hydroxyl groups excluding tert-OH is 1. The van der Waals surface area contributed by atoms with Gasteiger partial charge in [0, 0.05) is 7.11 Å². The Labute approximate surface area is 200 Å². The van der Waals surface area contributed by atoms with Gasteiger partial charge in [0.1, 0.15) is 42.4 Å². The van der Waals surface area contributed by atoms with Gasteiger partial charge in [0.05, 0.1) is 12.7 Å². The molecule has 7 atom stereocenters. The summed E-state index contributed by atoms with van der Waals surface area (Å²) in [7, 11) is -2.87. The number of rotatable bonds is 8. The highest BCUT2D eigenvalue weighted by Gasteiger charge is 2.65. The quantitative estimate of drug-likeness (QED) is 0.530. The zero-order chi connectivity index (χ0) is 24.9. The fourth-order valence-corrected chi connectivity index (χ4v) is 5.77. The summed E-state index contributed by atoms with van der Waals surface area (Å²) < 4.78 is 61.6. The van der Waals surface area contributed by atoms with Gasteiger partial charge in [0.25, 0.3) is 0 Å². The Kier molecular flexibility index (Phi) is 7.21. The van der Waals surface area contributed by atoms with E-state index in [1.165, 1.54) is 7.11 Å². The molecule has 0 aromatic heterocycles. The van der Waals surface area contributed by atoms with Crippen molar-refractivity contribution in [1.29, 1.82) is 0 Å². The molecule has 1 aliphatic carbocycles. The van der Waals surface area contributed by atoms with Crippen molar-refractivity contribution in [2.75, 3.05) is 7.11 Å². The predicted molar refractivity (Wildman–Crippen MR) is 120 cm³/mol. The van der Waals surface area contributed by atoms with E-state index in [4.69, 9.17) is 37.3 Å². The lowest BCUT2D eigenvalue weighted by molar-refractivity contribution is -0.195. The average Bonchev–Trinajstić information content (AvgIpc) is 3.25. The van der Waals surface area contributed by atoms with E-state index in [2.05, 4.69) is 0 Å². The first kappa shape index (κ1) is 26.0. The fourth-order valence-electron chi connectivity index (χ4n) is 4.65. The average molecular weight is 502 g/mol. The molecule has 192 valence electrons. The van der Waals surface area contributed by atoms with Gasteiger partial charge in [-0.25, -0.2) is 4.57 Å². The van der Waals surface area contributed by atoms with E-state index in [0.29, 0.717) is 5.56 Å². The standard InChI is InChI=1S/C23H35O10P/c1-13(2)27-16-17-19(30-22(3,4)28-17)21(20-18(16)29-23(5,6)31-20)33-34(25,26-7)32-15-10-8-14(12-24)9-11-15/h8-11,13,16-21,24H,12H2,1-7H3/t16?,17-,18+,19-,20-,21?,34?/m1/s1. The van der Waals surface area contributed by atoms with Crippen molar-refractivity contribution < 1.29 is 46.9 Å². The summed E-state index contributed by atoms with van der Waals surface area (Å²) in [6.45, 7) is 10.9. The van der Waals surface area contributed by atoms with Crippen molar-refractivity contribution in [3.63, 3.8) is 0 Å². The number of benzene rings is 1. The minimum absolute atomic E-state index is 0.0984. The minimum Gasteiger partial charge on any atom is -0.404 e. The Balaban J connectivity index is 1.65. The van der Waals surface area contributed by atoms with Gasteiger partial charge in [-0.1, -0.05) is 12.1 Å². The predicted octanol–water partition coefficient (Wildman–Crippen LogP) is 3.54. The van der Waals surface area contributed by atoms with Gasteiger partial charge in [-0.15, -0.1) is 0 Å². The molecule has 1 N–H and O–H groups in total. The molecule has 34 heavy (non-hydrogen) atoms. The van der Waals surface area contributed by atoms with Gasteiger partial charge in [-0.2, -0.15) is 0 Å². The third-order valence-electron chi connectivity index (χ3n) is 5.85. The second-order valence-corrected chi connectivity index (χ2v) is 11.5. The van der Waals surface area contributed by atoms with Gasteiger partial charge >= 0.3 is 7.82 Å². The van der Waals surface area contributed by atoms with Crippen LogP contribution in [0.3, 0.4) is 0 Å². The molecule has 4 rings (SSSR count). The van der Waals surface area contributed by atoms with E-state index in [-0.39, 0.29) is 18.5 Å². The summed E-state index contributed by atoms with van der Waals surface area (Å²) in [6, 6.07) is 6.47. The number of aliphatic hydroxyl groups is 1. The number of fused-ring (bicyclic) bond motifs is 2. The van der Waals surface area contributed by atoms with Gasteiger partial charge < -0.3 is 33.3 Å². The number of ether oxygens (including phenoxy) is 5. The van der Waals surface area contributed by atoms with Gasteiger partial charge in [0.2, 0.25) is 0 Å². The van der Waals surface area contributed by atoms with E-state index < -0.39 is 56.0 Å². The second kappa shape index (κ2) is 9.42. The molecule has 10 nitrogen and oxygen atoms in total. The zero-order valence-corrected chi connectivity index (χ0v) is 21.5. The van der Waals surface area contributed by atoms with Crippen molar-refractivity contribution >= 4 is 7.82 Å². The lowest BCUT2D eigenvalue weighted by Gasteiger charge is -2.43. The smallest absolute Gasteiger partial charge is 0.404 e. The summed E-state index contributed by atoms with van der Waals surface area (Å²) in [5.74, 6) is -1.59. The van der Waals surface area contributed by atoms with Crippen LogP contribution in [0.15, 0.2) is 24.3 Å². The van der Waals surface area contributed by atoms with Crippen LogP contribution in [0.4, 0.5) is 0 Å². The second-order valence-electron chi connectivity index (χ2n) is 9.87.